The van der Waals surface area contributed by atoms with E-state index in [4.69, 9.17) is 14.2 Å². The molecule has 134 valence electrons. The molecule has 1 aliphatic heterocycles. The third kappa shape index (κ3) is 3.80. The van der Waals surface area contributed by atoms with E-state index in [1.54, 1.807) is 14.2 Å². The van der Waals surface area contributed by atoms with Gasteiger partial charge in [-0.2, -0.15) is 0 Å². The molecule has 0 saturated carbocycles. The van der Waals surface area contributed by atoms with Gasteiger partial charge in [0.05, 0.1) is 20.3 Å². The Bertz CT molecular complexity index is 619. The topological polar surface area (TPSA) is 27.7 Å². The molecule has 0 spiro atoms. The Labute approximate surface area is 154 Å². The van der Waals surface area contributed by atoms with Crippen molar-refractivity contribution in [3.05, 3.63) is 59.7 Å². The van der Waals surface area contributed by atoms with Crippen molar-refractivity contribution in [3.8, 4) is 11.5 Å². The van der Waals surface area contributed by atoms with Crippen LogP contribution in [0.2, 0.25) is 0 Å². The van der Waals surface area contributed by atoms with Gasteiger partial charge in [0.25, 0.3) is 0 Å². The van der Waals surface area contributed by atoms with Crippen LogP contribution < -0.4 is 9.47 Å². The number of hydrogen-bond donors (Lipinski definition) is 0. The standard InChI is InChI=1S/C21H26O3S/c1-4-5-6-20-15-25-21(24-20,16-7-11-18(22-2)12-8-16)17-9-13-19(23-3)14-10-17/h7-14,20H,4-6,15H2,1-3H3. The molecule has 3 rings (SSSR count). The molecule has 3 nitrogen and oxygen atoms in total. The smallest absolute Gasteiger partial charge is 0.165 e. The van der Waals surface area contributed by atoms with Crippen molar-refractivity contribution in [1.82, 2.24) is 0 Å². The molecule has 0 N–H and O–H groups in total. The number of unbranched alkanes of at least 4 members (excludes halogenated alkanes) is 1. The monoisotopic (exact) mass is 358 g/mol. The van der Waals surface area contributed by atoms with E-state index < -0.39 is 4.93 Å². The maximum atomic E-state index is 6.65. The predicted molar refractivity (Wildman–Crippen MR) is 104 cm³/mol. The molecule has 4 heteroatoms. The summed E-state index contributed by atoms with van der Waals surface area (Å²) < 4.78 is 17.3. The number of ether oxygens (including phenoxy) is 3. The van der Waals surface area contributed by atoms with E-state index in [1.807, 2.05) is 36.0 Å². The summed E-state index contributed by atoms with van der Waals surface area (Å²) in [7, 11) is 3.38. The maximum absolute atomic E-state index is 6.65. The first-order chi connectivity index (χ1) is 12.2. The molecule has 1 heterocycles. The van der Waals surface area contributed by atoms with E-state index >= 15 is 0 Å². The molecule has 0 radical (unpaired) electrons. The summed E-state index contributed by atoms with van der Waals surface area (Å²) in [6.45, 7) is 2.22. The van der Waals surface area contributed by atoms with Gasteiger partial charge in [0.1, 0.15) is 11.5 Å². The minimum Gasteiger partial charge on any atom is -0.497 e. The van der Waals surface area contributed by atoms with Crippen LogP contribution >= 0.6 is 11.8 Å². The van der Waals surface area contributed by atoms with Crippen molar-refractivity contribution in [1.29, 1.82) is 0 Å². The molecular weight excluding hydrogens is 332 g/mol. The van der Waals surface area contributed by atoms with Gasteiger partial charge in [0.2, 0.25) is 0 Å². The van der Waals surface area contributed by atoms with Crippen LogP contribution in [0.15, 0.2) is 48.5 Å². The first kappa shape index (κ1) is 18.2. The summed E-state index contributed by atoms with van der Waals surface area (Å²) in [5, 5.41) is 0. The lowest BCUT2D eigenvalue weighted by Crippen LogP contribution is -2.25. The lowest BCUT2D eigenvalue weighted by molar-refractivity contribution is 0.00968. The van der Waals surface area contributed by atoms with E-state index in [0.717, 1.165) is 34.8 Å². The summed E-state index contributed by atoms with van der Waals surface area (Å²) in [5.74, 6) is 2.73. The van der Waals surface area contributed by atoms with Gasteiger partial charge >= 0.3 is 0 Å². The molecule has 2 aromatic carbocycles. The maximum Gasteiger partial charge on any atom is 0.165 e. The molecule has 1 saturated heterocycles. The molecule has 0 amide bonds. The average Bonchev–Trinajstić information content (AvgIpc) is 3.12. The first-order valence-corrected chi connectivity index (χ1v) is 9.81. The van der Waals surface area contributed by atoms with Gasteiger partial charge < -0.3 is 14.2 Å². The van der Waals surface area contributed by atoms with Gasteiger partial charge in [-0.25, -0.2) is 0 Å². The minimum absolute atomic E-state index is 0.286. The number of methoxy groups -OCH3 is 2. The number of benzene rings is 2. The summed E-state index contributed by atoms with van der Waals surface area (Å²) in [4.78, 5) is -0.461. The normalized spacial score (nSPS) is 18.9. The van der Waals surface area contributed by atoms with Crippen LogP contribution in [0, 0.1) is 0 Å². The second-order valence-corrected chi connectivity index (χ2v) is 7.46. The highest BCUT2D eigenvalue weighted by atomic mass is 32.2. The zero-order chi connectivity index (χ0) is 17.7. The van der Waals surface area contributed by atoms with Crippen molar-refractivity contribution in [2.24, 2.45) is 0 Å². The van der Waals surface area contributed by atoms with Gasteiger partial charge in [-0.05, 0) is 41.8 Å². The highest BCUT2D eigenvalue weighted by Crippen LogP contribution is 2.51. The molecule has 1 fully saturated rings. The highest BCUT2D eigenvalue weighted by molar-refractivity contribution is 8.00. The van der Waals surface area contributed by atoms with Gasteiger partial charge in [-0.15, -0.1) is 11.8 Å². The van der Waals surface area contributed by atoms with Gasteiger partial charge in [0, 0.05) is 5.75 Å². The van der Waals surface area contributed by atoms with E-state index in [-0.39, 0.29) is 6.10 Å². The molecule has 0 aromatic heterocycles. The van der Waals surface area contributed by atoms with Crippen LogP contribution in [-0.2, 0) is 9.67 Å². The van der Waals surface area contributed by atoms with Gasteiger partial charge in [0.15, 0.2) is 4.93 Å². The lowest BCUT2D eigenvalue weighted by atomic mass is 9.99. The summed E-state index contributed by atoms with van der Waals surface area (Å²) >= 11 is 1.88. The van der Waals surface area contributed by atoms with Gasteiger partial charge in [-0.1, -0.05) is 44.0 Å². The average molecular weight is 359 g/mol. The number of thioether (sulfide) groups is 1. The molecule has 2 aromatic rings. The lowest BCUT2D eigenvalue weighted by Gasteiger charge is -2.30. The second kappa shape index (κ2) is 8.15. The SMILES string of the molecule is CCCCC1CSC(c2ccc(OC)cc2)(c2ccc(OC)cc2)O1. The zero-order valence-electron chi connectivity index (χ0n) is 15.2. The Hall–Kier alpha value is -1.65. The molecule has 25 heavy (non-hydrogen) atoms. The Morgan fingerprint density at radius 2 is 1.48 bits per heavy atom. The van der Waals surface area contributed by atoms with Crippen LogP contribution in [0.4, 0.5) is 0 Å². The van der Waals surface area contributed by atoms with E-state index in [9.17, 15) is 0 Å². The molecule has 1 atom stereocenters. The van der Waals surface area contributed by atoms with Crippen molar-refractivity contribution in [2.45, 2.75) is 37.2 Å². The van der Waals surface area contributed by atoms with Crippen molar-refractivity contribution in [3.63, 3.8) is 0 Å². The summed E-state index contributed by atoms with van der Waals surface area (Å²) in [6.07, 6.45) is 3.79. The number of rotatable bonds is 7. The largest absolute Gasteiger partial charge is 0.497 e. The molecular formula is C21H26O3S. The van der Waals surface area contributed by atoms with Crippen LogP contribution in [0.3, 0.4) is 0 Å². The van der Waals surface area contributed by atoms with Gasteiger partial charge in [-0.3, -0.25) is 0 Å². The van der Waals surface area contributed by atoms with Crippen LogP contribution in [0.25, 0.3) is 0 Å². The molecule has 0 bridgehead atoms. The van der Waals surface area contributed by atoms with Crippen molar-refractivity contribution >= 4 is 11.8 Å². The highest BCUT2D eigenvalue weighted by Gasteiger charge is 2.44. The fourth-order valence-electron chi connectivity index (χ4n) is 3.18. The second-order valence-electron chi connectivity index (χ2n) is 6.27. The van der Waals surface area contributed by atoms with Crippen LogP contribution in [0.1, 0.15) is 37.3 Å². The molecule has 0 aliphatic carbocycles. The van der Waals surface area contributed by atoms with Crippen LogP contribution in [-0.4, -0.2) is 26.1 Å². The van der Waals surface area contributed by atoms with E-state index in [2.05, 4.69) is 31.2 Å². The quantitative estimate of drug-likeness (QED) is 0.677. The minimum atomic E-state index is -0.461. The number of hydrogen-bond acceptors (Lipinski definition) is 4. The zero-order valence-corrected chi connectivity index (χ0v) is 16.0. The van der Waals surface area contributed by atoms with E-state index in [1.165, 1.54) is 12.8 Å². The summed E-state index contributed by atoms with van der Waals surface area (Å²) in [6, 6.07) is 16.5. The van der Waals surface area contributed by atoms with E-state index in [0.29, 0.717) is 0 Å². The predicted octanol–water partition coefficient (Wildman–Crippen LogP) is 5.23. The Kier molecular flexibility index (Phi) is 5.92. The third-order valence-electron chi connectivity index (χ3n) is 4.62. The Morgan fingerprint density at radius 1 is 0.960 bits per heavy atom. The van der Waals surface area contributed by atoms with Crippen LogP contribution in [0.5, 0.6) is 11.5 Å². The van der Waals surface area contributed by atoms with Crippen molar-refractivity contribution in [2.75, 3.05) is 20.0 Å². The molecule has 1 aliphatic rings. The summed E-state index contributed by atoms with van der Waals surface area (Å²) in [5.41, 5.74) is 2.31. The Morgan fingerprint density at radius 3 is 1.92 bits per heavy atom. The van der Waals surface area contributed by atoms with Crippen molar-refractivity contribution < 1.29 is 14.2 Å². The fourth-order valence-corrected chi connectivity index (χ4v) is 4.64. The first-order valence-electron chi connectivity index (χ1n) is 8.82. The third-order valence-corrected chi connectivity index (χ3v) is 6.14. The fraction of sp³-hybridized carbons (Fsp3) is 0.429. The molecule has 1 unspecified atom stereocenters. The Balaban J connectivity index is 1.95.